The summed E-state index contributed by atoms with van der Waals surface area (Å²) in [5.41, 5.74) is 3.63. The van der Waals surface area contributed by atoms with Crippen molar-refractivity contribution in [2.45, 2.75) is 6.92 Å². The number of hydrogen-bond acceptors (Lipinski definition) is 6. The van der Waals surface area contributed by atoms with E-state index in [-0.39, 0.29) is 6.09 Å². The standard InChI is InChI=1S/C22H21N5O2S2/c1-2-29-22(28)27-11-9-26(10-12-27)21(30)23-14-7-8-18-15(13-14)19-20(31-18)25-17-6-4-3-5-16(17)24-19/h3-8,13H,2,9-12H2,1H3,(H,23,30). The Hall–Kier alpha value is -3.04. The maximum Gasteiger partial charge on any atom is 0.409 e. The molecule has 9 heteroatoms. The number of benzene rings is 2. The molecule has 1 amide bonds. The molecule has 1 aliphatic rings. The topological polar surface area (TPSA) is 70.6 Å². The van der Waals surface area contributed by atoms with Gasteiger partial charge in [-0.1, -0.05) is 12.1 Å². The molecule has 1 N–H and O–H groups in total. The van der Waals surface area contributed by atoms with Crippen molar-refractivity contribution in [2.75, 3.05) is 38.1 Å². The summed E-state index contributed by atoms with van der Waals surface area (Å²) in [5.74, 6) is 0. The summed E-state index contributed by atoms with van der Waals surface area (Å²) >= 11 is 7.27. The van der Waals surface area contributed by atoms with E-state index in [0.717, 1.165) is 37.2 Å². The SMILES string of the molecule is CCOC(=O)N1CCN(C(=S)Nc2ccc3sc4nc5ccccc5nc4c3c2)CC1. The first-order valence-corrected chi connectivity index (χ1v) is 11.4. The van der Waals surface area contributed by atoms with Gasteiger partial charge in [0.05, 0.1) is 17.6 Å². The number of anilines is 1. The molecule has 0 bridgehead atoms. The highest BCUT2D eigenvalue weighted by Crippen LogP contribution is 2.34. The Morgan fingerprint density at radius 2 is 1.81 bits per heavy atom. The van der Waals surface area contributed by atoms with Crippen LogP contribution in [0.1, 0.15) is 6.92 Å². The zero-order valence-corrected chi connectivity index (χ0v) is 18.6. The first-order valence-electron chi connectivity index (χ1n) is 10.2. The van der Waals surface area contributed by atoms with Gasteiger partial charge in [-0.05, 0) is 49.5 Å². The highest BCUT2D eigenvalue weighted by Gasteiger charge is 2.23. The van der Waals surface area contributed by atoms with Gasteiger partial charge in [-0.15, -0.1) is 11.3 Å². The zero-order chi connectivity index (χ0) is 21.4. The average Bonchev–Trinajstić information content (AvgIpc) is 3.14. The fourth-order valence-corrected chi connectivity index (χ4v) is 5.03. The quantitative estimate of drug-likeness (QED) is 0.451. The molecule has 4 aromatic rings. The van der Waals surface area contributed by atoms with Crippen LogP contribution in [0.5, 0.6) is 0 Å². The summed E-state index contributed by atoms with van der Waals surface area (Å²) in [6.45, 7) is 4.74. The predicted octanol–water partition coefficient (Wildman–Crippen LogP) is 4.47. The van der Waals surface area contributed by atoms with Gasteiger partial charge in [-0.2, -0.15) is 0 Å². The number of carbonyl (C=O) groups is 1. The third-order valence-electron chi connectivity index (χ3n) is 5.32. The minimum atomic E-state index is -0.260. The lowest BCUT2D eigenvalue weighted by Gasteiger charge is -2.35. The minimum absolute atomic E-state index is 0.260. The number of ether oxygens (including phenoxy) is 1. The highest BCUT2D eigenvalue weighted by molar-refractivity contribution is 7.80. The van der Waals surface area contributed by atoms with Crippen LogP contribution in [-0.4, -0.2) is 63.8 Å². The molecule has 5 rings (SSSR count). The van der Waals surface area contributed by atoms with E-state index in [2.05, 4.69) is 22.3 Å². The van der Waals surface area contributed by atoms with E-state index in [1.807, 2.05) is 37.3 Å². The average molecular weight is 452 g/mol. The summed E-state index contributed by atoms with van der Waals surface area (Å²) in [6, 6.07) is 14.1. The van der Waals surface area contributed by atoms with E-state index in [1.165, 1.54) is 0 Å². The molecule has 1 saturated heterocycles. The first-order chi connectivity index (χ1) is 15.1. The normalized spacial score (nSPS) is 14.4. The van der Waals surface area contributed by atoms with Crippen LogP contribution in [-0.2, 0) is 4.74 Å². The van der Waals surface area contributed by atoms with Gasteiger partial charge in [0.15, 0.2) is 5.11 Å². The maximum absolute atomic E-state index is 11.9. The largest absolute Gasteiger partial charge is 0.450 e. The number of nitrogens with one attached hydrogen (secondary N) is 1. The molecule has 2 aromatic heterocycles. The fourth-order valence-electron chi connectivity index (χ4n) is 3.73. The van der Waals surface area contributed by atoms with Gasteiger partial charge in [-0.25, -0.2) is 14.8 Å². The minimum Gasteiger partial charge on any atom is -0.450 e. The van der Waals surface area contributed by atoms with Crippen molar-refractivity contribution in [3.8, 4) is 0 Å². The van der Waals surface area contributed by atoms with Gasteiger partial charge >= 0.3 is 6.09 Å². The molecular formula is C22H21N5O2S2. The van der Waals surface area contributed by atoms with Gasteiger partial charge < -0.3 is 19.9 Å². The van der Waals surface area contributed by atoms with E-state index in [1.54, 1.807) is 16.2 Å². The van der Waals surface area contributed by atoms with E-state index >= 15 is 0 Å². The number of aromatic nitrogens is 2. The Bertz CT molecular complexity index is 1300. The maximum atomic E-state index is 11.9. The number of carbonyl (C=O) groups excluding carboxylic acids is 1. The van der Waals surface area contributed by atoms with Crippen molar-refractivity contribution >= 4 is 71.9 Å². The molecule has 158 valence electrons. The van der Waals surface area contributed by atoms with Crippen molar-refractivity contribution in [1.29, 1.82) is 0 Å². The molecular weight excluding hydrogens is 430 g/mol. The van der Waals surface area contributed by atoms with Crippen LogP contribution >= 0.6 is 23.6 Å². The molecule has 0 unspecified atom stereocenters. The molecule has 1 aliphatic heterocycles. The highest BCUT2D eigenvalue weighted by atomic mass is 32.1. The van der Waals surface area contributed by atoms with Gasteiger partial charge in [0.1, 0.15) is 10.3 Å². The lowest BCUT2D eigenvalue weighted by Crippen LogP contribution is -2.51. The lowest BCUT2D eigenvalue weighted by atomic mass is 10.2. The Kier molecular flexibility index (Phi) is 5.29. The van der Waals surface area contributed by atoms with Crippen LogP contribution in [0.15, 0.2) is 42.5 Å². The van der Waals surface area contributed by atoms with Crippen molar-refractivity contribution < 1.29 is 9.53 Å². The van der Waals surface area contributed by atoms with Gasteiger partial charge in [-0.3, -0.25) is 0 Å². The predicted molar refractivity (Wildman–Crippen MR) is 129 cm³/mol. The molecule has 0 atom stereocenters. The van der Waals surface area contributed by atoms with Crippen LogP contribution in [0.2, 0.25) is 0 Å². The van der Waals surface area contributed by atoms with E-state index < -0.39 is 0 Å². The van der Waals surface area contributed by atoms with Crippen molar-refractivity contribution in [2.24, 2.45) is 0 Å². The number of thiophene rings is 1. The number of hydrogen-bond donors (Lipinski definition) is 1. The number of thiocarbonyl (C=S) groups is 1. The van der Waals surface area contributed by atoms with E-state index in [0.29, 0.717) is 37.9 Å². The van der Waals surface area contributed by atoms with Crippen molar-refractivity contribution in [3.63, 3.8) is 0 Å². The van der Waals surface area contributed by atoms with Crippen LogP contribution in [0.25, 0.3) is 31.5 Å². The van der Waals surface area contributed by atoms with Crippen LogP contribution < -0.4 is 5.32 Å². The van der Waals surface area contributed by atoms with Crippen LogP contribution in [0.4, 0.5) is 10.5 Å². The fraction of sp³-hybridized carbons (Fsp3) is 0.273. The number of nitrogens with zero attached hydrogens (tertiary/aromatic N) is 4. The summed E-state index contributed by atoms with van der Waals surface area (Å²) in [7, 11) is 0. The molecule has 3 heterocycles. The third kappa shape index (κ3) is 3.86. The van der Waals surface area contributed by atoms with Crippen LogP contribution in [0, 0.1) is 0 Å². The molecule has 0 spiro atoms. The molecule has 31 heavy (non-hydrogen) atoms. The van der Waals surface area contributed by atoms with Crippen LogP contribution in [0.3, 0.4) is 0 Å². The molecule has 1 fully saturated rings. The second-order valence-corrected chi connectivity index (χ2v) is 8.70. The summed E-state index contributed by atoms with van der Waals surface area (Å²) in [6.07, 6.45) is -0.260. The second kappa shape index (κ2) is 8.24. The van der Waals surface area contributed by atoms with E-state index in [4.69, 9.17) is 26.9 Å². The number of fused-ring (bicyclic) bond motifs is 4. The Balaban J connectivity index is 1.34. The summed E-state index contributed by atoms with van der Waals surface area (Å²) in [5, 5.41) is 5.06. The number of para-hydroxylation sites is 2. The van der Waals surface area contributed by atoms with Crippen molar-refractivity contribution in [3.05, 3.63) is 42.5 Å². The Morgan fingerprint density at radius 3 is 2.55 bits per heavy atom. The molecule has 0 radical (unpaired) electrons. The lowest BCUT2D eigenvalue weighted by molar-refractivity contribution is 0.0923. The molecule has 7 nitrogen and oxygen atoms in total. The number of amides is 1. The number of rotatable bonds is 2. The van der Waals surface area contributed by atoms with Gasteiger partial charge in [0.2, 0.25) is 0 Å². The van der Waals surface area contributed by atoms with Crippen molar-refractivity contribution in [1.82, 2.24) is 19.8 Å². The molecule has 0 aliphatic carbocycles. The Labute approximate surface area is 188 Å². The summed E-state index contributed by atoms with van der Waals surface area (Å²) < 4.78 is 6.22. The second-order valence-electron chi connectivity index (χ2n) is 7.28. The van der Waals surface area contributed by atoms with Gasteiger partial charge in [0.25, 0.3) is 0 Å². The number of piperazine rings is 1. The molecule has 2 aromatic carbocycles. The van der Waals surface area contributed by atoms with Gasteiger partial charge in [0, 0.05) is 42.0 Å². The zero-order valence-electron chi connectivity index (χ0n) is 17.0. The monoisotopic (exact) mass is 451 g/mol. The Morgan fingerprint density at radius 1 is 1.10 bits per heavy atom. The van der Waals surface area contributed by atoms with E-state index in [9.17, 15) is 4.79 Å². The summed E-state index contributed by atoms with van der Waals surface area (Å²) in [4.78, 5) is 26.2. The first kappa shape index (κ1) is 19.9. The molecule has 0 saturated carbocycles. The third-order valence-corrected chi connectivity index (χ3v) is 6.74. The smallest absolute Gasteiger partial charge is 0.409 e.